The van der Waals surface area contributed by atoms with E-state index in [1.807, 2.05) is 0 Å². The summed E-state index contributed by atoms with van der Waals surface area (Å²) in [5.41, 5.74) is 3.18. The lowest BCUT2D eigenvalue weighted by Crippen LogP contribution is -2.48. The first-order chi connectivity index (χ1) is 6.96. The SMILES string of the molecule is CN1C2CCC1CC(NOC(C)(C)C)C2. The Labute approximate surface area is 93.1 Å². The van der Waals surface area contributed by atoms with Crippen molar-refractivity contribution >= 4 is 0 Å². The first-order valence-electron chi connectivity index (χ1n) is 6.11. The fraction of sp³-hybridized carbons (Fsp3) is 1.00. The molecule has 1 N–H and O–H groups in total. The largest absolute Gasteiger partial charge is 0.300 e. The van der Waals surface area contributed by atoms with Gasteiger partial charge in [-0.15, -0.1) is 0 Å². The Morgan fingerprint density at radius 2 is 1.67 bits per heavy atom. The summed E-state index contributed by atoms with van der Waals surface area (Å²) < 4.78 is 0. The molecule has 0 aromatic heterocycles. The summed E-state index contributed by atoms with van der Waals surface area (Å²) in [5.74, 6) is 0. The van der Waals surface area contributed by atoms with Crippen LogP contribution in [-0.2, 0) is 4.84 Å². The first kappa shape index (κ1) is 11.4. The molecule has 0 aromatic rings. The second kappa shape index (κ2) is 4.04. The molecule has 0 aromatic carbocycles. The van der Waals surface area contributed by atoms with Crippen LogP contribution in [0, 0.1) is 0 Å². The lowest BCUT2D eigenvalue weighted by molar-refractivity contribution is -0.0988. The van der Waals surface area contributed by atoms with Gasteiger partial charge in [-0.2, -0.15) is 5.48 Å². The molecule has 2 rings (SSSR count). The Balaban J connectivity index is 1.82. The van der Waals surface area contributed by atoms with E-state index in [0.717, 1.165) is 12.1 Å². The van der Waals surface area contributed by atoms with Crippen molar-refractivity contribution < 1.29 is 4.84 Å². The van der Waals surface area contributed by atoms with Crippen LogP contribution in [0.5, 0.6) is 0 Å². The number of piperidine rings is 1. The number of nitrogens with zero attached hydrogens (tertiary/aromatic N) is 1. The van der Waals surface area contributed by atoms with Crippen molar-refractivity contribution in [3.8, 4) is 0 Å². The predicted octanol–water partition coefficient (Wildman–Crippen LogP) is 1.93. The molecule has 2 bridgehead atoms. The van der Waals surface area contributed by atoms with Crippen LogP contribution in [-0.4, -0.2) is 35.7 Å². The number of hydrogen-bond acceptors (Lipinski definition) is 3. The molecule has 2 fully saturated rings. The number of nitrogens with one attached hydrogen (secondary N) is 1. The highest BCUT2D eigenvalue weighted by Crippen LogP contribution is 2.34. The van der Waals surface area contributed by atoms with E-state index in [-0.39, 0.29) is 5.60 Å². The lowest BCUT2D eigenvalue weighted by atomic mass is 9.99. The minimum atomic E-state index is -0.0810. The molecule has 0 amide bonds. The van der Waals surface area contributed by atoms with Crippen LogP contribution in [0.3, 0.4) is 0 Å². The van der Waals surface area contributed by atoms with Gasteiger partial charge in [-0.3, -0.25) is 4.84 Å². The molecule has 2 aliphatic rings. The van der Waals surface area contributed by atoms with Gasteiger partial charge in [0, 0.05) is 18.1 Å². The van der Waals surface area contributed by atoms with Crippen LogP contribution in [0.1, 0.15) is 46.5 Å². The Bertz CT molecular complexity index is 210. The number of rotatable bonds is 2. The summed E-state index contributed by atoms with van der Waals surface area (Å²) in [6.07, 6.45) is 5.22. The van der Waals surface area contributed by atoms with Gasteiger partial charge in [-0.05, 0) is 53.5 Å². The smallest absolute Gasteiger partial charge is 0.0813 e. The molecular weight excluding hydrogens is 188 g/mol. The van der Waals surface area contributed by atoms with Crippen LogP contribution in [0.25, 0.3) is 0 Å². The van der Waals surface area contributed by atoms with Gasteiger partial charge in [0.15, 0.2) is 0 Å². The van der Waals surface area contributed by atoms with Gasteiger partial charge in [0.2, 0.25) is 0 Å². The van der Waals surface area contributed by atoms with E-state index in [1.165, 1.54) is 25.7 Å². The molecule has 2 saturated heterocycles. The quantitative estimate of drug-likeness (QED) is 0.708. The molecule has 0 radical (unpaired) electrons. The van der Waals surface area contributed by atoms with Crippen LogP contribution in [0.4, 0.5) is 0 Å². The van der Waals surface area contributed by atoms with E-state index in [1.54, 1.807) is 0 Å². The molecule has 0 saturated carbocycles. The van der Waals surface area contributed by atoms with Crippen LogP contribution >= 0.6 is 0 Å². The summed E-state index contributed by atoms with van der Waals surface area (Å²) >= 11 is 0. The van der Waals surface area contributed by atoms with Crippen molar-refractivity contribution in [2.24, 2.45) is 0 Å². The summed E-state index contributed by atoms with van der Waals surface area (Å²) in [6, 6.07) is 2.12. The molecular formula is C12H24N2O. The van der Waals surface area contributed by atoms with E-state index in [0.29, 0.717) is 6.04 Å². The predicted molar refractivity (Wildman–Crippen MR) is 61.6 cm³/mol. The van der Waals surface area contributed by atoms with Crippen molar-refractivity contribution in [1.29, 1.82) is 0 Å². The molecule has 88 valence electrons. The summed E-state index contributed by atoms with van der Waals surface area (Å²) in [6.45, 7) is 6.26. The standard InChI is InChI=1S/C12H24N2O/c1-12(2,3)15-13-9-7-10-5-6-11(8-9)14(10)4/h9-11,13H,5-8H2,1-4H3. The third-order valence-corrected chi connectivity index (χ3v) is 3.63. The fourth-order valence-corrected chi connectivity index (χ4v) is 2.77. The third-order valence-electron chi connectivity index (χ3n) is 3.63. The first-order valence-corrected chi connectivity index (χ1v) is 6.11. The van der Waals surface area contributed by atoms with Gasteiger partial charge in [0.25, 0.3) is 0 Å². The molecule has 2 aliphatic heterocycles. The van der Waals surface area contributed by atoms with E-state index >= 15 is 0 Å². The normalized spacial score (nSPS) is 37.2. The molecule has 2 heterocycles. The lowest BCUT2D eigenvalue weighted by Gasteiger charge is -2.37. The highest BCUT2D eigenvalue weighted by molar-refractivity contribution is 4.95. The maximum atomic E-state index is 5.66. The van der Waals surface area contributed by atoms with Crippen molar-refractivity contribution in [3.05, 3.63) is 0 Å². The van der Waals surface area contributed by atoms with E-state index in [9.17, 15) is 0 Å². The van der Waals surface area contributed by atoms with E-state index < -0.39 is 0 Å². The van der Waals surface area contributed by atoms with E-state index in [2.05, 4.69) is 38.2 Å². The average Bonchev–Trinajstić information content (AvgIpc) is 2.39. The summed E-state index contributed by atoms with van der Waals surface area (Å²) in [4.78, 5) is 8.21. The molecule has 2 unspecified atom stereocenters. The topological polar surface area (TPSA) is 24.5 Å². The van der Waals surface area contributed by atoms with Gasteiger partial charge < -0.3 is 4.90 Å². The minimum Gasteiger partial charge on any atom is -0.300 e. The highest BCUT2D eigenvalue weighted by Gasteiger charge is 2.38. The van der Waals surface area contributed by atoms with Gasteiger partial charge >= 0.3 is 0 Å². The summed E-state index contributed by atoms with van der Waals surface area (Å²) in [5, 5.41) is 0. The van der Waals surface area contributed by atoms with Crippen LogP contribution in [0.15, 0.2) is 0 Å². The molecule has 0 aliphatic carbocycles. The Morgan fingerprint density at radius 3 is 2.13 bits per heavy atom. The van der Waals surface area contributed by atoms with Gasteiger partial charge in [-0.25, -0.2) is 0 Å². The molecule has 3 nitrogen and oxygen atoms in total. The Hall–Kier alpha value is -0.120. The Morgan fingerprint density at radius 1 is 1.13 bits per heavy atom. The van der Waals surface area contributed by atoms with Crippen molar-refractivity contribution in [3.63, 3.8) is 0 Å². The van der Waals surface area contributed by atoms with Crippen molar-refractivity contribution in [2.45, 2.75) is 70.2 Å². The maximum Gasteiger partial charge on any atom is 0.0813 e. The van der Waals surface area contributed by atoms with Crippen LogP contribution < -0.4 is 5.48 Å². The summed E-state index contributed by atoms with van der Waals surface area (Å²) in [7, 11) is 2.27. The molecule has 3 heteroatoms. The average molecular weight is 212 g/mol. The fourth-order valence-electron chi connectivity index (χ4n) is 2.77. The third kappa shape index (κ3) is 2.71. The zero-order chi connectivity index (χ0) is 11.1. The number of hydroxylamine groups is 1. The van der Waals surface area contributed by atoms with Gasteiger partial charge in [0.05, 0.1) is 5.60 Å². The highest BCUT2D eigenvalue weighted by atomic mass is 16.7. The molecule has 0 spiro atoms. The number of hydrogen-bond donors (Lipinski definition) is 1. The monoisotopic (exact) mass is 212 g/mol. The second-order valence-corrected chi connectivity index (χ2v) is 6.05. The molecule has 15 heavy (non-hydrogen) atoms. The number of fused-ring (bicyclic) bond motifs is 2. The van der Waals surface area contributed by atoms with Crippen LogP contribution in [0.2, 0.25) is 0 Å². The minimum absolute atomic E-state index is 0.0810. The zero-order valence-electron chi connectivity index (χ0n) is 10.4. The van der Waals surface area contributed by atoms with Gasteiger partial charge in [-0.1, -0.05) is 0 Å². The Kier molecular flexibility index (Phi) is 3.06. The maximum absolute atomic E-state index is 5.66. The molecule has 2 atom stereocenters. The van der Waals surface area contributed by atoms with Gasteiger partial charge in [0.1, 0.15) is 0 Å². The zero-order valence-corrected chi connectivity index (χ0v) is 10.4. The van der Waals surface area contributed by atoms with Crippen molar-refractivity contribution in [2.75, 3.05) is 7.05 Å². The van der Waals surface area contributed by atoms with Crippen molar-refractivity contribution in [1.82, 2.24) is 10.4 Å². The van der Waals surface area contributed by atoms with E-state index in [4.69, 9.17) is 4.84 Å². The second-order valence-electron chi connectivity index (χ2n) is 6.05.